The Morgan fingerprint density at radius 2 is 1.78 bits per heavy atom. The van der Waals surface area contributed by atoms with Gasteiger partial charge in [-0.1, -0.05) is 24.3 Å². The number of hydrogen-bond acceptors (Lipinski definition) is 5. The lowest BCUT2D eigenvalue weighted by Crippen LogP contribution is -2.44. The monoisotopic (exact) mass is 521 g/mol. The number of nitrogens with zero attached hydrogens (tertiary/aromatic N) is 2. The van der Waals surface area contributed by atoms with Crippen molar-refractivity contribution in [3.63, 3.8) is 0 Å². The van der Waals surface area contributed by atoms with Crippen molar-refractivity contribution in [2.75, 3.05) is 39.2 Å². The number of rotatable bonds is 12. The molecule has 1 N–H and O–H groups in total. The Hall–Kier alpha value is -3.78. The Kier molecular flexibility index (Phi) is 10.1. The summed E-state index contributed by atoms with van der Waals surface area (Å²) in [6.45, 7) is 8.96. The van der Waals surface area contributed by atoms with E-state index >= 15 is 0 Å². The van der Waals surface area contributed by atoms with E-state index in [-0.39, 0.29) is 25.0 Å². The number of ether oxygens (including phenoxy) is 2. The first-order chi connectivity index (χ1) is 17.8. The first-order valence-corrected chi connectivity index (χ1v) is 13.0. The fourth-order valence-electron chi connectivity index (χ4n) is 3.84. The smallest absolute Gasteiger partial charge is 0.322 e. The standard InChI is InChI=1S/C29H35N3O4S/c1-6-14-32(29(34)30-24-11-9-21(2)22(3)17-24)20-28(33)31(19-25-8-7-16-37-25)15-13-23-10-12-26(35-4)27(18-23)36-5/h6-12,16-18H,1,13-15,19-20H2,2-5H3,(H,30,34). The van der Waals surface area contributed by atoms with Crippen LogP contribution in [-0.2, 0) is 17.8 Å². The minimum atomic E-state index is -0.340. The van der Waals surface area contributed by atoms with Crippen molar-refractivity contribution in [2.45, 2.75) is 26.8 Å². The molecule has 2 aromatic carbocycles. The van der Waals surface area contributed by atoms with Crippen LogP contribution in [-0.4, -0.2) is 55.6 Å². The maximum absolute atomic E-state index is 13.5. The summed E-state index contributed by atoms with van der Waals surface area (Å²) in [5, 5.41) is 4.90. The summed E-state index contributed by atoms with van der Waals surface area (Å²) in [6, 6.07) is 15.1. The summed E-state index contributed by atoms with van der Waals surface area (Å²) < 4.78 is 10.8. The van der Waals surface area contributed by atoms with E-state index in [4.69, 9.17) is 9.47 Å². The van der Waals surface area contributed by atoms with Crippen molar-refractivity contribution >= 4 is 29.0 Å². The van der Waals surface area contributed by atoms with E-state index in [0.717, 1.165) is 21.6 Å². The van der Waals surface area contributed by atoms with Gasteiger partial charge in [0.25, 0.3) is 0 Å². The molecule has 0 bridgehead atoms. The molecule has 0 atom stereocenters. The molecule has 37 heavy (non-hydrogen) atoms. The van der Waals surface area contributed by atoms with Crippen LogP contribution in [0.4, 0.5) is 10.5 Å². The van der Waals surface area contributed by atoms with Gasteiger partial charge in [0, 0.05) is 23.7 Å². The Balaban J connectivity index is 1.73. The number of anilines is 1. The lowest BCUT2D eigenvalue weighted by molar-refractivity contribution is -0.132. The van der Waals surface area contributed by atoms with Gasteiger partial charge in [-0.15, -0.1) is 17.9 Å². The van der Waals surface area contributed by atoms with E-state index in [0.29, 0.717) is 36.7 Å². The molecule has 0 saturated carbocycles. The van der Waals surface area contributed by atoms with E-state index in [9.17, 15) is 9.59 Å². The number of carbonyl (C=O) groups excluding carboxylic acids is 2. The summed E-state index contributed by atoms with van der Waals surface area (Å²) in [5.74, 6) is 1.18. The van der Waals surface area contributed by atoms with Gasteiger partial charge in [0.15, 0.2) is 11.5 Å². The summed E-state index contributed by atoms with van der Waals surface area (Å²) >= 11 is 1.60. The van der Waals surface area contributed by atoms with Gasteiger partial charge in [-0.3, -0.25) is 4.79 Å². The first-order valence-electron chi connectivity index (χ1n) is 12.1. The predicted molar refractivity (Wildman–Crippen MR) is 150 cm³/mol. The second-order valence-corrected chi connectivity index (χ2v) is 9.76. The van der Waals surface area contributed by atoms with Gasteiger partial charge in [-0.05, 0) is 72.7 Å². The molecule has 3 rings (SSSR count). The zero-order valence-electron chi connectivity index (χ0n) is 22.0. The number of nitrogens with one attached hydrogen (secondary N) is 1. The van der Waals surface area contributed by atoms with Crippen LogP contribution in [0.25, 0.3) is 0 Å². The highest BCUT2D eigenvalue weighted by molar-refractivity contribution is 7.09. The molecule has 0 unspecified atom stereocenters. The van der Waals surface area contributed by atoms with Crippen LogP contribution < -0.4 is 14.8 Å². The van der Waals surface area contributed by atoms with Crippen LogP contribution in [0.5, 0.6) is 11.5 Å². The van der Waals surface area contributed by atoms with Crippen LogP contribution in [0, 0.1) is 13.8 Å². The van der Waals surface area contributed by atoms with Gasteiger partial charge in [0.2, 0.25) is 5.91 Å². The van der Waals surface area contributed by atoms with Crippen LogP contribution in [0.2, 0.25) is 0 Å². The predicted octanol–water partition coefficient (Wildman–Crippen LogP) is 5.67. The molecule has 1 heterocycles. The summed E-state index contributed by atoms with van der Waals surface area (Å²) in [5.41, 5.74) is 3.95. The number of hydrogen-bond donors (Lipinski definition) is 1. The quantitative estimate of drug-likeness (QED) is 0.312. The third-order valence-electron chi connectivity index (χ3n) is 6.12. The lowest BCUT2D eigenvalue weighted by Gasteiger charge is -2.27. The largest absolute Gasteiger partial charge is 0.493 e. The fourth-order valence-corrected chi connectivity index (χ4v) is 4.56. The molecule has 3 aromatic rings. The molecular weight excluding hydrogens is 486 g/mol. The van der Waals surface area contributed by atoms with E-state index in [2.05, 4.69) is 11.9 Å². The average Bonchev–Trinajstić information content (AvgIpc) is 3.41. The summed E-state index contributed by atoms with van der Waals surface area (Å²) in [4.78, 5) is 30.9. The summed E-state index contributed by atoms with van der Waals surface area (Å²) in [6.07, 6.45) is 2.26. The highest BCUT2D eigenvalue weighted by atomic mass is 32.1. The minimum Gasteiger partial charge on any atom is -0.493 e. The van der Waals surface area contributed by atoms with Crippen molar-refractivity contribution in [1.29, 1.82) is 0 Å². The number of thiophene rings is 1. The van der Waals surface area contributed by atoms with Crippen molar-refractivity contribution in [3.05, 3.63) is 88.1 Å². The summed E-state index contributed by atoms with van der Waals surface area (Å²) in [7, 11) is 3.20. The molecule has 196 valence electrons. The molecule has 0 radical (unpaired) electrons. The second kappa shape index (κ2) is 13.5. The molecule has 0 aliphatic heterocycles. The van der Waals surface area contributed by atoms with E-state index < -0.39 is 0 Å². The molecule has 3 amide bonds. The Morgan fingerprint density at radius 3 is 2.43 bits per heavy atom. The highest BCUT2D eigenvalue weighted by Crippen LogP contribution is 2.28. The maximum atomic E-state index is 13.5. The zero-order valence-corrected chi connectivity index (χ0v) is 22.8. The van der Waals surface area contributed by atoms with E-state index in [1.54, 1.807) is 36.5 Å². The fraction of sp³-hybridized carbons (Fsp3) is 0.310. The van der Waals surface area contributed by atoms with Crippen molar-refractivity contribution < 1.29 is 19.1 Å². The molecular formula is C29H35N3O4S. The van der Waals surface area contributed by atoms with Gasteiger partial charge in [0.1, 0.15) is 6.54 Å². The third kappa shape index (κ3) is 7.85. The van der Waals surface area contributed by atoms with E-state index in [1.807, 2.05) is 67.8 Å². The molecule has 7 nitrogen and oxygen atoms in total. The molecule has 0 aliphatic carbocycles. The van der Waals surface area contributed by atoms with Crippen molar-refractivity contribution in [1.82, 2.24) is 9.80 Å². The Morgan fingerprint density at radius 1 is 1.00 bits per heavy atom. The van der Waals surface area contributed by atoms with Gasteiger partial charge in [0.05, 0.1) is 20.8 Å². The molecule has 0 spiro atoms. The molecule has 0 aliphatic rings. The highest BCUT2D eigenvalue weighted by Gasteiger charge is 2.22. The van der Waals surface area contributed by atoms with Crippen molar-refractivity contribution in [2.24, 2.45) is 0 Å². The number of benzene rings is 2. The topological polar surface area (TPSA) is 71.1 Å². The third-order valence-corrected chi connectivity index (χ3v) is 6.98. The van der Waals surface area contributed by atoms with Crippen LogP contribution >= 0.6 is 11.3 Å². The first kappa shape index (κ1) is 27.8. The minimum absolute atomic E-state index is 0.0555. The number of amides is 3. The van der Waals surface area contributed by atoms with Gasteiger partial charge in [-0.25, -0.2) is 4.79 Å². The zero-order chi connectivity index (χ0) is 26.8. The number of methoxy groups -OCH3 is 2. The number of carbonyl (C=O) groups is 2. The molecule has 1 aromatic heterocycles. The average molecular weight is 522 g/mol. The van der Waals surface area contributed by atoms with Gasteiger partial charge in [-0.2, -0.15) is 0 Å². The number of aryl methyl sites for hydroxylation is 2. The Labute approximate surface area is 223 Å². The van der Waals surface area contributed by atoms with Gasteiger partial charge < -0.3 is 24.6 Å². The second-order valence-electron chi connectivity index (χ2n) is 8.73. The molecule has 0 fully saturated rings. The van der Waals surface area contributed by atoms with Crippen LogP contribution in [0.3, 0.4) is 0 Å². The Bertz CT molecular complexity index is 1210. The normalized spacial score (nSPS) is 10.5. The maximum Gasteiger partial charge on any atom is 0.322 e. The molecule has 8 heteroatoms. The van der Waals surface area contributed by atoms with E-state index in [1.165, 1.54) is 4.90 Å². The SMILES string of the molecule is C=CCN(CC(=O)N(CCc1ccc(OC)c(OC)c1)Cc1cccs1)C(=O)Nc1ccc(C)c(C)c1. The molecule has 0 saturated heterocycles. The van der Waals surface area contributed by atoms with Crippen LogP contribution in [0.1, 0.15) is 21.6 Å². The number of urea groups is 1. The van der Waals surface area contributed by atoms with Gasteiger partial charge >= 0.3 is 6.03 Å². The lowest BCUT2D eigenvalue weighted by atomic mass is 10.1. The van der Waals surface area contributed by atoms with Crippen LogP contribution in [0.15, 0.2) is 66.6 Å². The van der Waals surface area contributed by atoms with Crippen molar-refractivity contribution in [3.8, 4) is 11.5 Å².